The highest BCUT2D eigenvalue weighted by Gasteiger charge is 2.19. The molecule has 1 aromatic heterocycles. The van der Waals surface area contributed by atoms with E-state index in [0.29, 0.717) is 17.7 Å². The maximum atomic E-state index is 13.1. The summed E-state index contributed by atoms with van der Waals surface area (Å²) < 4.78 is 13.1. The lowest BCUT2D eigenvalue weighted by atomic mass is 10.1. The van der Waals surface area contributed by atoms with Crippen LogP contribution in [0.1, 0.15) is 101 Å². The zero-order valence-corrected chi connectivity index (χ0v) is 24.9. The zero-order chi connectivity index (χ0) is 27.7. The van der Waals surface area contributed by atoms with Crippen LogP contribution in [-0.4, -0.2) is 34.6 Å². The van der Waals surface area contributed by atoms with Gasteiger partial charge >= 0.3 is 0 Å². The molecule has 0 spiro atoms. The number of aliphatic imine (C=N–C) groups is 1. The minimum Gasteiger partial charge on any atom is -0.342 e. The van der Waals surface area contributed by atoms with Crippen LogP contribution in [0.4, 0.5) is 4.39 Å². The summed E-state index contributed by atoms with van der Waals surface area (Å²) in [5.74, 6) is 0.0788. The van der Waals surface area contributed by atoms with Gasteiger partial charge in [0.05, 0.1) is 16.4 Å². The second-order valence-corrected chi connectivity index (χ2v) is 9.49. The number of nitrogens with zero attached hydrogens (tertiary/aromatic N) is 3. The van der Waals surface area contributed by atoms with Gasteiger partial charge in [-0.2, -0.15) is 0 Å². The number of hydrogen-bond acceptors (Lipinski definition) is 4. The molecular weight excluding hydrogens is 469 g/mol. The van der Waals surface area contributed by atoms with Crippen molar-refractivity contribution < 1.29 is 9.18 Å². The van der Waals surface area contributed by atoms with Gasteiger partial charge in [0.1, 0.15) is 5.82 Å². The topological polar surface area (TPSA) is 45.6 Å². The molecule has 1 aliphatic heterocycles. The van der Waals surface area contributed by atoms with E-state index in [9.17, 15) is 9.18 Å². The third-order valence-corrected chi connectivity index (χ3v) is 6.55. The zero-order valence-electron chi connectivity index (χ0n) is 24.1. The normalized spacial score (nSPS) is 12.5. The maximum Gasteiger partial charge on any atom is 0.222 e. The van der Waals surface area contributed by atoms with Crippen molar-refractivity contribution in [3.05, 3.63) is 57.3 Å². The largest absolute Gasteiger partial charge is 0.342 e. The average molecular weight is 518 g/mol. The molecule has 0 radical (unpaired) electrons. The molecule has 1 amide bonds. The fraction of sp³-hybridized carbons (Fsp3) is 0.567. The predicted octanol–water partition coefficient (Wildman–Crippen LogP) is 8.60. The highest BCUT2D eigenvalue weighted by atomic mass is 32.1. The Morgan fingerprint density at radius 2 is 1.78 bits per heavy atom. The van der Waals surface area contributed by atoms with E-state index in [-0.39, 0.29) is 11.7 Å². The number of halogens is 1. The van der Waals surface area contributed by atoms with E-state index in [0.717, 1.165) is 61.5 Å². The minimum atomic E-state index is -0.187. The Kier molecular flexibility index (Phi) is 17.6. The van der Waals surface area contributed by atoms with Crippen molar-refractivity contribution in [3.8, 4) is 0 Å². The number of fused-ring (bicyclic) bond motifs is 1. The summed E-state index contributed by atoms with van der Waals surface area (Å²) in [4.78, 5) is 23.9. The summed E-state index contributed by atoms with van der Waals surface area (Å²) in [6.07, 6.45) is 5.81. The first-order chi connectivity index (χ1) is 17.2. The molecule has 0 fully saturated rings. The summed E-state index contributed by atoms with van der Waals surface area (Å²) in [5.41, 5.74) is 4.52. The molecule has 6 heteroatoms. The Morgan fingerprint density at radius 1 is 1.14 bits per heavy atom. The van der Waals surface area contributed by atoms with Crippen LogP contribution in [0.15, 0.2) is 29.8 Å². The number of unbranched alkanes of at least 4 members (excludes halogenated alkanes) is 1. The van der Waals surface area contributed by atoms with E-state index in [4.69, 9.17) is 0 Å². The van der Waals surface area contributed by atoms with Gasteiger partial charge < -0.3 is 4.90 Å². The third-order valence-electron chi connectivity index (χ3n) is 5.48. The van der Waals surface area contributed by atoms with E-state index in [1.54, 1.807) is 30.4 Å². The first-order valence-corrected chi connectivity index (χ1v) is 14.3. The van der Waals surface area contributed by atoms with Gasteiger partial charge in [-0.3, -0.25) is 9.79 Å². The van der Waals surface area contributed by atoms with Gasteiger partial charge in [-0.05, 0) is 62.9 Å². The molecule has 2 aromatic rings. The lowest BCUT2D eigenvalue weighted by molar-refractivity contribution is -0.130. The number of benzene rings is 1. The Hall–Kier alpha value is -2.34. The summed E-state index contributed by atoms with van der Waals surface area (Å²) in [7, 11) is 0. The van der Waals surface area contributed by atoms with Crippen LogP contribution in [0.25, 0.3) is 5.70 Å². The lowest BCUT2D eigenvalue weighted by Crippen LogP contribution is -2.32. The molecule has 0 bridgehead atoms. The first kappa shape index (κ1) is 33.7. The molecular formula is C30H48FN3OS. The third kappa shape index (κ3) is 11.6. The lowest BCUT2D eigenvalue weighted by Gasteiger charge is -2.19. The predicted molar refractivity (Wildman–Crippen MR) is 157 cm³/mol. The van der Waals surface area contributed by atoms with Gasteiger partial charge in [0, 0.05) is 42.9 Å². The van der Waals surface area contributed by atoms with E-state index in [2.05, 4.69) is 23.5 Å². The number of thiazole rings is 1. The van der Waals surface area contributed by atoms with Crippen molar-refractivity contribution in [1.29, 1.82) is 0 Å². The number of hydrogen-bond donors (Lipinski definition) is 0. The molecule has 4 nitrogen and oxygen atoms in total. The fourth-order valence-electron chi connectivity index (χ4n) is 3.57. The van der Waals surface area contributed by atoms with E-state index in [1.807, 2.05) is 53.4 Å². The van der Waals surface area contributed by atoms with Crippen molar-refractivity contribution in [2.75, 3.05) is 13.1 Å². The molecule has 0 aliphatic carbocycles. The number of carbonyl (C=O) groups is 1. The van der Waals surface area contributed by atoms with Crippen molar-refractivity contribution in [3.63, 3.8) is 0 Å². The van der Waals surface area contributed by atoms with Crippen LogP contribution < -0.4 is 0 Å². The Bertz CT molecular complexity index is 940. The first-order valence-electron chi connectivity index (χ1n) is 13.5. The Morgan fingerprint density at radius 3 is 2.36 bits per heavy atom. The number of carbonyl (C=O) groups excluding carboxylic acids is 1. The molecule has 202 valence electrons. The molecule has 2 heterocycles. The highest BCUT2D eigenvalue weighted by molar-refractivity contribution is 7.11. The summed E-state index contributed by atoms with van der Waals surface area (Å²) in [6, 6.07) is 4.97. The monoisotopic (exact) mass is 517 g/mol. The number of aryl methyl sites for hydroxylation is 2. The highest BCUT2D eigenvalue weighted by Crippen LogP contribution is 2.22. The molecule has 0 unspecified atom stereocenters. The van der Waals surface area contributed by atoms with Crippen LogP contribution in [0, 0.1) is 19.7 Å². The molecule has 1 aromatic carbocycles. The number of rotatable bonds is 6. The quantitative estimate of drug-likeness (QED) is 0.360. The van der Waals surface area contributed by atoms with Gasteiger partial charge in [-0.1, -0.05) is 54.5 Å². The van der Waals surface area contributed by atoms with Crippen LogP contribution in [0.5, 0.6) is 0 Å². The van der Waals surface area contributed by atoms with Crippen LogP contribution >= 0.6 is 11.3 Å². The molecule has 1 aliphatic rings. The summed E-state index contributed by atoms with van der Waals surface area (Å²) in [6.45, 7) is 23.5. The SMILES string of the molecule is C=C(N=C(C)CCCC)c1ccc(F)c(C)c1.CC.CC.CCC(=O)N1CCc2nc(C)sc2CC1. The van der Waals surface area contributed by atoms with Crippen LogP contribution in [0.2, 0.25) is 0 Å². The van der Waals surface area contributed by atoms with Crippen molar-refractivity contribution >= 4 is 28.7 Å². The second-order valence-electron chi connectivity index (χ2n) is 8.20. The summed E-state index contributed by atoms with van der Waals surface area (Å²) >= 11 is 1.78. The van der Waals surface area contributed by atoms with Crippen molar-refractivity contribution in [2.24, 2.45) is 4.99 Å². The van der Waals surface area contributed by atoms with E-state index < -0.39 is 0 Å². The fourth-order valence-corrected chi connectivity index (χ4v) is 4.54. The van der Waals surface area contributed by atoms with Gasteiger partial charge in [-0.15, -0.1) is 11.3 Å². The second kappa shape index (κ2) is 18.9. The Labute approximate surface area is 223 Å². The molecule has 36 heavy (non-hydrogen) atoms. The van der Waals surface area contributed by atoms with Gasteiger partial charge in [0.15, 0.2) is 0 Å². The van der Waals surface area contributed by atoms with E-state index in [1.165, 1.54) is 16.6 Å². The van der Waals surface area contributed by atoms with Gasteiger partial charge in [-0.25, -0.2) is 9.37 Å². The van der Waals surface area contributed by atoms with Gasteiger partial charge in [0.2, 0.25) is 5.91 Å². The van der Waals surface area contributed by atoms with Crippen molar-refractivity contribution in [2.45, 2.75) is 101 Å². The van der Waals surface area contributed by atoms with Crippen molar-refractivity contribution in [1.82, 2.24) is 9.88 Å². The number of aromatic nitrogens is 1. The smallest absolute Gasteiger partial charge is 0.222 e. The summed E-state index contributed by atoms with van der Waals surface area (Å²) in [5, 5.41) is 1.15. The maximum absolute atomic E-state index is 13.1. The minimum absolute atomic E-state index is 0.187. The standard InChI is InChI=1S/C15H20FN.C11H16N2OS.2C2H6/c1-5-6-7-12(3)17-13(4)14-8-9-15(16)11(2)10-14;1-3-11(14)13-6-4-9-10(5-7-13)15-8(2)12-9;2*1-2/h8-10H,4-7H2,1-3H3;3-7H2,1-2H3;2*1-2H3. The molecule has 3 rings (SSSR count). The van der Waals surface area contributed by atoms with Crippen LogP contribution in [0.3, 0.4) is 0 Å². The van der Waals surface area contributed by atoms with Crippen LogP contribution in [-0.2, 0) is 17.6 Å². The van der Waals surface area contributed by atoms with Gasteiger partial charge in [0.25, 0.3) is 0 Å². The molecule has 0 N–H and O–H groups in total. The average Bonchev–Trinajstić information content (AvgIpc) is 3.14. The van der Waals surface area contributed by atoms with E-state index >= 15 is 0 Å². The Balaban J connectivity index is 0.000000600. The number of amides is 1. The molecule has 0 saturated heterocycles. The molecule has 0 saturated carbocycles. The molecule has 0 atom stereocenters.